The molecule has 11 heteroatoms. The highest BCUT2D eigenvalue weighted by Crippen LogP contribution is 2.25. The monoisotopic (exact) mass is 823 g/mol. The molecule has 0 radical (unpaired) electrons. The van der Waals surface area contributed by atoms with E-state index in [1.807, 2.05) is 102 Å². The van der Waals surface area contributed by atoms with Gasteiger partial charge < -0.3 is 36.1 Å². The van der Waals surface area contributed by atoms with E-state index in [9.17, 15) is 9.59 Å². The highest BCUT2D eigenvalue weighted by atomic mass is 16.2. The smallest absolute Gasteiger partial charge is 0.254 e. The second-order valence-corrected chi connectivity index (χ2v) is 15.8. The Hall–Kier alpha value is -6.92. The van der Waals surface area contributed by atoms with Gasteiger partial charge in [-0.25, -0.2) is 9.97 Å². The van der Waals surface area contributed by atoms with Crippen molar-refractivity contribution in [2.45, 2.75) is 45.6 Å². The minimum absolute atomic E-state index is 0.0285. The molecule has 6 aromatic carbocycles. The molecule has 0 fully saturated rings. The molecule has 0 saturated heterocycles. The second kappa shape index (κ2) is 20.1. The largest absolute Gasteiger partial charge is 0.340 e. The van der Waals surface area contributed by atoms with Crippen molar-refractivity contribution in [1.29, 1.82) is 0 Å². The van der Waals surface area contributed by atoms with Gasteiger partial charge in [-0.1, -0.05) is 97.1 Å². The predicted molar refractivity (Wildman–Crippen MR) is 247 cm³/mol. The maximum atomic E-state index is 13.5. The Bertz CT molecular complexity index is 2680. The number of nitrogens with zero attached hydrogens (tertiary/aromatic N) is 4. The lowest BCUT2D eigenvalue weighted by Crippen LogP contribution is -2.33. The van der Waals surface area contributed by atoms with Crippen LogP contribution in [0.1, 0.15) is 61.0 Å². The Balaban J connectivity index is 0.787. The van der Waals surface area contributed by atoms with Crippen molar-refractivity contribution in [2.24, 2.45) is 5.73 Å². The molecule has 2 heterocycles. The van der Waals surface area contributed by atoms with Crippen LogP contribution in [0.15, 0.2) is 146 Å². The van der Waals surface area contributed by atoms with Crippen LogP contribution >= 0.6 is 0 Å². The number of aromatic amines is 2. The molecule has 8 aromatic rings. The predicted octanol–water partition coefficient (Wildman–Crippen LogP) is 7.99. The normalized spacial score (nSPS) is 11.3. The van der Waals surface area contributed by atoms with E-state index >= 15 is 0 Å². The zero-order valence-electron chi connectivity index (χ0n) is 35.1. The van der Waals surface area contributed by atoms with Gasteiger partial charge in [0.15, 0.2) is 0 Å². The van der Waals surface area contributed by atoms with Crippen molar-refractivity contribution in [3.8, 4) is 11.1 Å². The summed E-state index contributed by atoms with van der Waals surface area (Å²) in [5.74, 6) is 1.42. The Morgan fingerprint density at radius 2 is 1.15 bits per heavy atom. The lowest BCUT2D eigenvalue weighted by Gasteiger charge is -2.21. The van der Waals surface area contributed by atoms with Crippen LogP contribution < -0.4 is 16.4 Å². The summed E-state index contributed by atoms with van der Waals surface area (Å²) in [5.41, 5.74) is 17.7. The highest BCUT2D eigenvalue weighted by molar-refractivity contribution is 5.95. The fraction of sp³-hybridized carbons (Fsp3) is 0.216. The van der Waals surface area contributed by atoms with Gasteiger partial charge in [-0.05, 0) is 108 Å². The van der Waals surface area contributed by atoms with Crippen molar-refractivity contribution in [2.75, 3.05) is 26.7 Å². The average molecular weight is 824 g/mol. The number of H-pyrrole nitrogens is 2. The van der Waals surface area contributed by atoms with Gasteiger partial charge >= 0.3 is 0 Å². The maximum Gasteiger partial charge on any atom is 0.254 e. The third kappa shape index (κ3) is 10.7. The molecule has 6 N–H and O–H groups in total. The van der Waals surface area contributed by atoms with E-state index in [2.05, 4.69) is 74.1 Å². The minimum Gasteiger partial charge on any atom is -0.340 e. The molecule has 2 amide bonds. The Morgan fingerprint density at radius 3 is 1.85 bits per heavy atom. The molecule has 11 nitrogen and oxygen atoms in total. The lowest BCUT2D eigenvalue weighted by molar-refractivity contribution is 0.0737. The molecule has 0 unspecified atom stereocenters. The molecule has 0 bridgehead atoms. The first-order valence-corrected chi connectivity index (χ1v) is 21.3. The van der Waals surface area contributed by atoms with Crippen LogP contribution in [0, 0.1) is 0 Å². The van der Waals surface area contributed by atoms with Crippen molar-refractivity contribution < 1.29 is 9.59 Å². The van der Waals surface area contributed by atoms with Crippen LogP contribution in [0.4, 0.5) is 0 Å². The SMILES string of the molecule is CN(Cc1nc2ccc(-c3ccc(CNCCc4ccc(C(=O)N(CCCN)Cc5nc6ccccc6[nH]5)cc4)cc3)cc2[nH]1)C(=O)c1ccc(CNCc2ccccc2)cc1. The standard InChI is InChI=1S/C51H53N9O2/c1-59(50(61)41-22-16-39(17-23-41)33-54-32-37-8-3-2-4-9-37)34-48-57-46-25-24-43(30-47(46)58-48)40-18-14-38(15-19-40)31-53-28-26-36-12-20-42(21-13-36)51(62)60(29-7-27-52)35-49-55-44-10-5-6-11-45(44)56-49/h2-6,8-25,30,53-54H,7,26-29,31-35,52H2,1H3,(H,55,56)(H,57,58). The molecule has 8 rings (SSSR count). The third-order valence-electron chi connectivity index (χ3n) is 11.1. The number of carbonyl (C=O) groups excluding carboxylic acids is 2. The number of imidazole rings is 2. The molecule has 2 aromatic heterocycles. The number of para-hydroxylation sites is 2. The maximum absolute atomic E-state index is 13.5. The number of amides is 2. The van der Waals surface area contributed by atoms with E-state index in [-0.39, 0.29) is 11.8 Å². The molecule has 0 aliphatic rings. The Labute approximate surface area is 362 Å². The van der Waals surface area contributed by atoms with E-state index in [1.54, 1.807) is 11.9 Å². The fourth-order valence-electron chi connectivity index (χ4n) is 7.62. The fourth-order valence-corrected chi connectivity index (χ4v) is 7.62. The van der Waals surface area contributed by atoms with Gasteiger partial charge in [0.1, 0.15) is 11.6 Å². The number of aromatic nitrogens is 4. The van der Waals surface area contributed by atoms with E-state index < -0.39 is 0 Å². The van der Waals surface area contributed by atoms with Crippen molar-refractivity contribution in [3.63, 3.8) is 0 Å². The molecule has 62 heavy (non-hydrogen) atoms. The molecule has 0 saturated carbocycles. The first kappa shape index (κ1) is 41.8. The van der Waals surface area contributed by atoms with Gasteiger partial charge in [-0.2, -0.15) is 0 Å². The van der Waals surface area contributed by atoms with Crippen molar-refractivity contribution in [3.05, 3.63) is 191 Å². The number of nitrogens with two attached hydrogens (primary N) is 1. The van der Waals surface area contributed by atoms with Crippen LogP contribution in [0.2, 0.25) is 0 Å². The third-order valence-corrected chi connectivity index (χ3v) is 11.1. The topological polar surface area (TPSA) is 148 Å². The first-order chi connectivity index (χ1) is 30.4. The van der Waals surface area contributed by atoms with Gasteiger partial charge in [0.2, 0.25) is 0 Å². The minimum atomic E-state index is -0.0512. The van der Waals surface area contributed by atoms with Crippen molar-refractivity contribution >= 4 is 33.9 Å². The van der Waals surface area contributed by atoms with Crippen LogP contribution in [0.25, 0.3) is 33.2 Å². The number of hydrogen-bond donors (Lipinski definition) is 5. The summed E-state index contributed by atoms with van der Waals surface area (Å²) in [6, 6.07) is 48.7. The molecule has 314 valence electrons. The summed E-state index contributed by atoms with van der Waals surface area (Å²) in [6.45, 7) is 4.93. The number of benzene rings is 6. The van der Waals surface area contributed by atoms with E-state index in [0.717, 1.165) is 89.4 Å². The highest BCUT2D eigenvalue weighted by Gasteiger charge is 2.18. The van der Waals surface area contributed by atoms with Gasteiger partial charge in [-0.15, -0.1) is 0 Å². The quantitative estimate of drug-likeness (QED) is 0.0520. The summed E-state index contributed by atoms with van der Waals surface area (Å²) in [7, 11) is 1.80. The number of nitrogens with one attached hydrogen (secondary N) is 4. The molecule has 0 aliphatic carbocycles. The van der Waals surface area contributed by atoms with Crippen LogP contribution in [0.5, 0.6) is 0 Å². The second-order valence-electron chi connectivity index (χ2n) is 15.8. The number of fused-ring (bicyclic) bond motifs is 2. The Morgan fingerprint density at radius 1 is 0.581 bits per heavy atom. The molecular formula is C51H53N9O2. The first-order valence-electron chi connectivity index (χ1n) is 21.3. The number of carbonyl (C=O) groups is 2. The Kier molecular flexibility index (Phi) is 13.5. The number of rotatable bonds is 19. The van der Waals surface area contributed by atoms with Crippen LogP contribution in [-0.2, 0) is 39.1 Å². The number of hydrogen-bond acceptors (Lipinski definition) is 7. The molecule has 0 atom stereocenters. The van der Waals surface area contributed by atoms with E-state index in [1.165, 1.54) is 16.7 Å². The summed E-state index contributed by atoms with van der Waals surface area (Å²) in [5, 5.41) is 7.02. The van der Waals surface area contributed by atoms with Crippen LogP contribution in [-0.4, -0.2) is 68.2 Å². The molecule has 0 aliphatic heterocycles. The van der Waals surface area contributed by atoms with Gasteiger partial charge in [0.05, 0.1) is 35.2 Å². The van der Waals surface area contributed by atoms with Gasteiger partial charge in [0, 0.05) is 44.4 Å². The zero-order valence-corrected chi connectivity index (χ0v) is 35.1. The summed E-state index contributed by atoms with van der Waals surface area (Å²) < 4.78 is 0. The average Bonchev–Trinajstić information content (AvgIpc) is 3.92. The molecular weight excluding hydrogens is 771 g/mol. The summed E-state index contributed by atoms with van der Waals surface area (Å²) >= 11 is 0. The van der Waals surface area contributed by atoms with Gasteiger partial charge in [-0.3, -0.25) is 9.59 Å². The lowest BCUT2D eigenvalue weighted by atomic mass is 10.0. The van der Waals surface area contributed by atoms with Gasteiger partial charge in [0.25, 0.3) is 11.8 Å². The molecule has 0 spiro atoms. The summed E-state index contributed by atoms with van der Waals surface area (Å²) in [4.78, 5) is 46.5. The van der Waals surface area contributed by atoms with Crippen molar-refractivity contribution in [1.82, 2.24) is 40.4 Å². The van der Waals surface area contributed by atoms with E-state index in [4.69, 9.17) is 10.7 Å². The van der Waals surface area contributed by atoms with E-state index in [0.29, 0.717) is 37.3 Å². The summed E-state index contributed by atoms with van der Waals surface area (Å²) in [6.07, 6.45) is 1.57. The zero-order chi connectivity index (χ0) is 42.7. The van der Waals surface area contributed by atoms with Crippen LogP contribution in [0.3, 0.4) is 0 Å².